The van der Waals surface area contributed by atoms with Gasteiger partial charge in [-0.2, -0.15) is 0 Å². The van der Waals surface area contributed by atoms with Gasteiger partial charge in [0.25, 0.3) is 0 Å². The number of aromatic nitrogens is 2. The second-order valence-corrected chi connectivity index (χ2v) is 5.31. The first-order valence-corrected chi connectivity index (χ1v) is 6.22. The van der Waals surface area contributed by atoms with E-state index in [1.54, 1.807) is 57.4 Å². The lowest BCUT2D eigenvalue weighted by atomic mass is 10.2. The highest BCUT2D eigenvalue weighted by Crippen LogP contribution is 2.14. The molecule has 2 rings (SSSR count). The number of ether oxygens (including phenoxy) is 1. The van der Waals surface area contributed by atoms with Crippen LogP contribution in [0.3, 0.4) is 0 Å². The zero-order chi connectivity index (χ0) is 14.8. The standard InChI is InChI=1S/C14H17N3O3/c1-14(2,3)20-13(19)16-10-4-6-11(7-5-10)17-9-8-15-12(17)18/h4-9H,1-3H3,(H,15,18)(H,16,19). The highest BCUT2D eigenvalue weighted by Gasteiger charge is 2.16. The summed E-state index contributed by atoms with van der Waals surface area (Å²) in [6.07, 6.45) is 2.69. The van der Waals surface area contributed by atoms with E-state index < -0.39 is 11.7 Å². The second kappa shape index (κ2) is 5.24. The second-order valence-electron chi connectivity index (χ2n) is 5.31. The molecule has 6 heteroatoms. The zero-order valence-corrected chi connectivity index (χ0v) is 11.6. The van der Waals surface area contributed by atoms with Crippen LogP contribution in [-0.4, -0.2) is 21.2 Å². The largest absolute Gasteiger partial charge is 0.444 e. The molecule has 0 radical (unpaired) electrons. The fourth-order valence-corrected chi connectivity index (χ4v) is 1.65. The lowest BCUT2D eigenvalue weighted by Gasteiger charge is -2.19. The number of rotatable bonds is 2. The molecule has 0 fully saturated rings. The van der Waals surface area contributed by atoms with Gasteiger partial charge in [-0.3, -0.25) is 9.88 Å². The van der Waals surface area contributed by atoms with Crippen molar-refractivity contribution in [2.75, 3.05) is 5.32 Å². The van der Waals surface area contributed by atoms with Crippen LogP contribution < -0.4 is 11.0 Å². The third-order valence-corrected chi connectivity index (χ3v) is 2.44. The predicted molar refractivity (Wildman–Crippen MR) is 76.2 cm³/mol. The molecule has 0 unspecified atom stereocenters. The fraction of sp³-hybridized carbons (Fsp3) is 0.286. The van der Waals surface area contributed by atoms with Crippen LogP contribution in [-0.2, 0) is 4.74 Å². The maximum absolute atomic E-state index is 11.6. The van der Waals surface area contributed by atoms with Crippen LogP contribution in [0.1, 0.15) is 20.8 Å². The van der Waals surface area contributed by atoms with E-state index in [-0.39, 0.29) is 5.69 Å². The summed E-state index contributed by atoms with van der Waals surface area (Å²) in [6.45, 7) is 5.40. The number of aromatic amines is 1. The van der Waals surface area contributed by atoms with E-state index in [4.69, 9.17) is 4.74 Å². The number of carbonyl (C=O) groups excluding carboxylic acids is 1. The average molecular weight is 275 g/mol. The van der Waals surface area contributed by atoms with Gasteiger partial charge in [-0.15, -0.1) is 0 Å². The van der Waals surface area contributed by atoms with E-state index in [1.165, 1.54) is 4.57 Å². The number of benzene rings is 1. The van der Waals surface area contributed by atoms with Crippen molar-refractivity contribution in [3.63, 3.8) is 0 Å². The Morgan fingerprint density at radius 2 is 1.90 bits per heavy atom. The first-order chi connectivity index (χ1) is 9.35. The Kier molecular flexibility index (Phi) is 3.65. The number of H-pyrrole nitrogens is 1. The molecule has 2 N–H and O–H groups in total. The van der Waals surface area contributed by atoms with Crippen LogP contribution >= 0.6 is 0 Å². The smallest absolute Gasteiger partial charge is 0.412 e. The van der Waals surface area contributed by atoms with Gasteiger partial charge in [-0.1, -0.05) is 0 Å². The summed E-state index contributed by atoms with van der Waals surface area (Å²) in [5.41, 5.74) is 0.568. The molecule has 2 aromatic rings. The van der Waals surface area contributed by atoms with E-state index in [9.17, 15) is 9.59 Å². The first-order valence-electron chi connectivity index (χ1n) is 6.22. The van der Waals surface area contributed by atoms with Gasteiger partial charge < -0.3 is 9.72 Å². The van der Waals surface area contributed by atoms with Gasteiger partial charge in [0.15, 0.2) is 0 Å². The maximum Gasteiger partial charge on any atom is 0.412 e. The van der Waals surface area contributed by atoms with Crippen LogP contribution in [0.25, 0.3) is 5.69 Å². The minimum absolute atomic E-state index is 0.210. The number of imidazole rings is 1. The minimum atomic E-state index is -0.539. The molecule has 0 aliphatic carbocycles. The number of carbonyl (C=O) groups is 1. The van der Waals surface area contributed by atoms with Crippen molar-refractivity contribution in [3.8, 4) is 5.69 Å². The summed E-state index contributed by atoms with van der Waals surface area (Å²) < 4.78 is 6.62. The maximum atomic E-state index is 11.6. The van der Waals surface area contributed by atoms with E-state index in [1.807, 2.05) is 0 Å². The average Bonchev–Trinajstić information content (AvgIpc) is 2.74. The molecule has 0 aliphatic rings. The quantitative estimate of drug-likeness (QED) is 0.884. The number of anilines is 1. The summed E-state index contributed by atoms with van der Waals surface area (Å²) in [5, 5.41) is 2.63. The topological polar surface area (TPSA) is 76.1 Å². The zero-order valence-electron chi connectivity index (χ0n) is 11.6. The summed E-state index contributed by atoms with van der Waals surface area (Å²) in [5.74, 6) is 0. The fourth-order valence-electron chi connectivity index (χ4n) is 1.65. The van der Waals surface area contributed by atoms with Crippen molar-refractivity contribution < 1.29 is 9.53 Å². The molecule has 1 amide bonds. The normalized spacial score (nSPS) is 11.2. The van der Waals surface area contributed by atoms with Crippen molar-refractivity contribution >= 4 is 11.8 Å². The number of nitrogens with one attached hydrogen (secondary N) is 2. The van der Waals surface area contributed by atoms with Gasteiger partial charge in [0.2, 0.25) is 0 Å². The Morgan fingerprint density at radius 3 is 2.40 bits per heavy atom. The SMILES string of the molecule is CC(C)(C)OC(=O)Nc1ccc(-n2cc[nH]c2=O)cc1. The van der Waals surface area contributed by atoms with Crippen molar-refractivity contribution in [2.24, 2.45) is 0 Å². The Bertz CT molecular complexity index is 647. The minimum Gasteiger partial charge on any atom is -0.444 e. The monoisotopic (exact) mass is 275 g/mol. The van der Waals surface area contributed by atoms with Gasteiger partial charge in [-0.05, 0) is 45.0 Å². The van der Waals surface area contributed by atoms with Gasteiger partial charge in [0.05, 0.1) is 5.69 Å². The highest BCUT2D eigenvalue weighted by atomic mass is 16.6. The lowest BCUT2D eigenvalue weighted by Crippen LogP contribution is -2.27. The summed E-state index contributed by atoms with van der Waals surface area (Å²) in [7, 11) is 0. The van der Waals surface area contributed by atoms with Gasteiger partial charge in [0.1, 0.15) is 5.60 Å². The molecular formula is C14H17N3O3. The van der Waals surface area contributed by atoms with Crippen LogP contribution in [0.2, 0.25) is 0 Å². The Hall–Kier alpha value is -2.50. The molecule has 0 bridgehead atoms. The molecule has 6 nitrogen and oxygen atoms in total. The summed E-state index contributed by atoms with van der Waals surface area (Å²) in [4.78, 5) is 25.6. The van der Waals surface area contributed by atoms with Gasteiger partial charge >= 0.3 is 11.8 Å². The van der Waals surface area contributed by atoms with Gasteiger partial charge in [0, 0.05) is 18.1 Å². The Labute approximate surface area is 116 Å². The molecule has 0 atom stereocenters. The molecule has 1 heterocycles. The van der Waals surface area contributed by atoms with E-state index >= 15 is 0 Å². The van der Waals surface area contributed by atoms with Crippen molar-refractivity contribution in [1.29, 1.82) is 0 Å². The number of hydrogen-bond donors (Lipinski definition) is 2. The molecule has 1 aromatic heterocycles. The van der Waals surface area contributed by atoms with Crippen LogP contribution in [0.4, 0.5) is 10.5 Å². The third-order valence-electron chi connectivity index (χ3n) is 2.44. The van der Waals surface area contributed by atoms with E-state index in [0.717, 1.165) is 0 Å². The lowest BCUT2D eigenvalue weighted by molar-refractivity contribution is 0.0636. The molecule has 0 spiro atoms. The molecule has 106 valence electrons. The number of nitrogens with zero attached hydrogens (tertiary/aromatic N) is 1. The molecule has 0 aliphatic heterocycles. The van der Waals surface area contributed by atoms with Crippen molar-refractivity contribution in [2.45, 2.75) is 26.4 Å². The Morgan fingerprint density at radius 1 is 1.25 bits per heavy atom. The van der Waals surface area contributed by atoms with Gasteiger partial charge in [-0.25, -0.2) is 9.59 Å². The van der Waals surface area contributed by atoms with Crippen LogP contribution in [0, 0.1) is 0 Å². The molecule has 20 heavy (non-hydrogen) atoms. The molecule has 0 saturated heterocycles. The van der Waals surface area contributed by atoms with Crippen LogP contribution in [0.5, 0.6) is 0 Å². The predicted octanol–water partition coefficient (Wildman–Crippen LogP) is 2.51. The van der Waals surface area contributed by atoms with Crippen molar-refractivity contribution in [1.82, 2.24) is 9.55 Å². The van der Waals surface area contributed by atoms with E-state index in [2.05, 4.69) is 10.3 Å². The highest BCUT2D eigenvalue weighted by molar-refractivity contribution is 5.84. The first kappa shape index (κ1) is 13.9. The third kappa shape index (κ3) is 3.50. The van der Waals surface area contributed by atoms with Crippen LogP contribution in [0.15, 0.2) is 41.5 Å². The molecule has 1 aromatic carbocycles. The number of amides is 1. The summed E-state index contributed by atoms with van der Waals surface area (Å²) in [6, 6.07) is 6.89. The summed E-state index contributed by atoms with van der Waals surface area (Å²) >= 11 is 0. The number of hydrogen-bond acceptors (Lipinski definition) is 3. The molecular weight excluding hydrogens is 258 g/mol. The molecule has 0 saturated carbocycles. The van der Waals surface area contributed by atoms with Crippen molar-refractivity contribution in [3.05, 3.63) is 47.1 Å². The van der Waals surface area contributed by atoms with E-state index in [0.29, 0.717) is 11.4 Å². The Balaban J connectivity index is 2.08.